The Labute approximate surface area is 172 Å². The summed E-state index contributed by atoms with van der Waals surface area (Å²) in [4.78, 5) is 25.4. The number of phenols is 1. The van der Waals surface area contributed by atoms with Crippen LogP contribution in [0.3, 0.4) is 0 Å². The smallest absolute Gasteiger partial charge is 0.262 e. The van der Waals surface area contributed by atoms with Crippen LogP contribution in [0.2, 0.25) is 5.02 Å². The minimum atomic E-state index is -0.851. The summed E-state index contributed by atoms with van der Waals surface area (Å²) >= 11 is 5.91. The summed E-state index contributed by atoms with van der Waals surface area (Å²) in [6.45, 7) is 3.69. The van der Waals surface area contributed by atoms with Crippen LogP contribution < -0.4 is 5.73 Å². The molecule has 7 heteroatoms. The number of benzene rings is 2. The molecule has 0 bridgehead atoms. The Morgan fingerprint density at radius 3 is 2.48 bits per heavy atom. The average Bonchev–Trinajstić information content (AvgIpc) is 2.94. The Morgan fingerprint density at radius 1 is 1.24 bits per heavy atom. The van der Waals surface area contributed by atoms with E-state index in [9.17, 15) is 19.1 Å². The fourth-order valence-electron chi connectivity index (χ4n) is 3.71. The van der Waals surface area contributed by atoms with Crippen LogP contribution in [0.1, 0.15) is 53.7 Å². The van der Waals surface area contributed by atoms with E-state index in [-0.39, 0.29) is 11.4 Å². The van der Waals surface area contributed by atoms with Gasteiger partial charge in [0.25, 0.3) is 5.91 Å². The maximum Gasteiger partial charge on any atom is 0.262 e. The number of halogens is 2. The van der Waals surface area contributed by atoms with Crippen molar-refractivity contribution >= 4 is 34.3 Å². The zero-order valence-corrected chi connectivity index (χ0v) is 17.0. The van der Waals surface area contributed by atoms with Gasteiger partial charge in [-0.1, -0.05) is 31.4 Å². The van der Waals surface area contributed by atoms with Gasteiger partial charge in [0.1, 0.15) is 0 Å². The lowest BCUT2D eigenvalue weighted by Gasteiger charge is -2.14. The van der Waals surface area contributed by atoms with Crippen molar-refractivity contribution in [2.45, 2.75) is 39.0 Å². The molecule has 0 radical (unpaired) electrons. The fourth-order valence-corrected chi connectivity index (χ4v) is 3.83. The summed E-state index contributed by atoms with van der Waals surface area (Å²) in [5.74, 6) is -2.96. The first-order valence-corrected chi connectivity index (χ1v) is 9.77. The van der Waals surface area contributed by atoms with Gasteiger partial charge in [-0.3, -0.25) is 14.2 Å². The molecule has 1 aromatic heterocycles. The van der Waals surface area contributed by atoms with Gasteiger partial charge in [-0.15, -0.1) is 0 Å². The molecule has 1 heterocycles. The minimum Gasteiger partial charge on any atom is -0.505 e. The molecular formula is C22H22ClFN2O3. The number of primary amides is 1. The standard InChI is InChI=1S/C22H22ClFN2O3/c1-3-4-5-15(21(25)28)20-12(2)26(18-11-17(24)19(27)10-16(18)20)22(29)13-6-8-14(23)9-7-13/h6-11,15,27H,3-5H2,1-2H3,(H2,25,28). The van der Waals surface area contributed by atoms with Crippen molar-refractivity contribution in [2.24, 2.45) is 5.73 Å². The molecule has 1 amide bonds. The maximum atomic E-state index is 14.2. The van der Waals surface area contributed by atoms with Crippen LogP contribution in [-0.4, -0.2) is 21.5 Å². The number of aromatic nitrogens is 1. The normalized spacial score (nSPS) is 12.3. The van der Waals surface area contributed by atoms with E-state index in [0.29, 0.717) is 33.7 Å². The Bertz CT molecular complexity index is 1090. The summed E-state index contributed by atoms with van der Waals surface area (Å²) in [7, 11) is 0. The number of fused-ring (bicyclic) bond motifs is 1. The number of phenolic OH excluding ortho intramolecular Hbond substituents is 1. The molecule has 3 rings (SSSR count). The highest BCUT2D eigenvalue weighted by Gasteiger charge is 2.29. The summed E-state index contributed by atoms with van der Waals surface area (Å²) < 4.78 is 15.5. The second-order valence-electron chi connectivity index (χ2n) is 7.06. The maximum absolute atomic E-state index is 14.2. The molecule has 0 spiro atoms. The number of hydrogen-bond donors (Lipinski definition) is 2. The largest absolute Gasteiger partial charge is 0.505 e. The molecule has 0 aliphatic carbocycles. The molecule has 0 fully saturated rings. The first kappa shape index (κ1) is 20.9. The first-order chi connectivity index (χ1) is 13.8. The second kappa shape index (κ2) is 8.25. The quantitative estimate of drug-likeness (QED) is 0.599. The van der Waals surface area contributed by atoms with E-state index in [1.165, 1.54) is 10.6 Å². The summed E-state index contributed by atoms with van der Waals surface area (Å²) in [6, 6.07) is 8.70. The molecule has 3 aromatic rings. The molecule has 0 saturated carbocycles. The van der Waals surface area contributed by atoms with Gasteiger partial charge in [0, 0.05) is 27.7 Å². The van der Waals surface area contributed by atoms with Crippen LogP contribution in [0.5, 0.6) is 5.75 Å². The topological polar surface area (TPSA) is 85.3 Å². The van der Waals surface area contributed by atoms with Gasteiger partial charge < -0.3 is 10.8 Å². The molecule has 0 aliphatic rings. The van der Waals surface area contributed by atoms with E-state index < -0.39 is 23.4 Å². The highest BCUT2D eigenvalue weighted by Crippen LogP contribution is 2.37. The van der Waals surface area contributed by atoms with E-state index in [0.717, 1.165) is 18.9 Å². The number of nitrogens with zero attached hydrogens (tertiary/aromatic N) is 1. The lowest BCUT2D eigenvalue weighted by molar-refractivity contribution is -0.119. The predicted molar refractivity (Wildman–Crippen MR) is 111 cm³/mol. The van der Waals surface area contributed by atoms with Gasteiger partial charge in [-0.2, -0.15) is 0 Å². The van der Waals surface area contributed by atoms with E-state index in [1.807, 2.05) is 6.92 Å². The molecule has 1 atom stereocenters. The molecule has 0 aliphatic heterocycles. The number of hydrogen-bond acceptors (Lipinski definition) is 3. The SMILES string of the molecule is CCCCC(C(N)=O)c1c(C)n(C(=O)c2ccc(Cl)cc2)c2cc(F)c(O)cc12. The lowest BCUT2D eigenvalue weighted by atomic mass is 9.90. The molecule has 152 valence electrons. The molecule has 5 nitrogen and oxygen atoms in total. The lowest BCUT2D eigenvalue weighted by Crippen LogP contribution is -2.22. The van der Waals surface area contributed by atoms with E-state index >= 15 is 0 Å². The predicted octanol–water partition coefficient (Wildman–Crippen LogP) is 4.90. The highest BCUT2D eigenvalue weighted by molar-refractivity contribution is 6.30. The third-order valence-electron chi connectivity index (χ3n) is 5.15. The zero-order chi connectivity index (χ0) is 21.3. The third kappa shape index (κ3) is 3.85. The number of carbonyl (C=O) groups is 2. The van der Waals surface area contributed by atoms with Crippen LogP contribution in [0, 0.1) is 12.7 Å². The van der Waals surface area contributed by atoms with Crippen LogP contribution >= 0.6 is 11.6 Å². The molecule has 1 unspecified atom stereocenters. The van der Waals surface area contributed by atoms with Gasteiger partial charge >= 0.3 is 0 Å². The zero-order valence-electron chi connectivity index (χ0n) is 16.2. The minimum absolute atomic E-state index is 0.274. The van der Waals surface area contributed by atoms with Crippen molar-refractivity contribution in [1.82, 2.24) is 4.57 Å². The van der Waals surface area contributed by atoms with Gasteiger partial charge in [0.15, 0.2) is 11.6 Å². The average molecular weight is 417 g/mol. The van der Waals surface area contributed by atoms with Crippen molar-refractivity contribution in [2.75, 3.05) is 0 Å². The number of rotatable bonds is 6. The van der Waals surface area contributed by atoms with E-state index in [2.05, 4.69) is 0 Å². The fraction of sp³-hybridized carbons (Fsp3) is 0.273. The number of carbonyl (C=O) groups excluding carboxylic acids is 2. The number of aromatic hydroxyl groups is 1. The van der Waals surface area contributed by atoms with Crippen molar-refractivity contribution in [3.8, 4) is 5.75 Å². The van der Waals surface area contributed by atoms with Crippen LogP contribution in [0.25, 0.3) is 10.9 Å². The van der Waals surface area contributed by atoms with Crippen molar-refractivity contribution < 1.29 is 19.1 Å². The summed E-state index contributed by atoms with van der Waals surface area (Å²) in [6.07, 6.45) is 2.13. The molecule has 0 saturated heterocycles. The molecular weight excluding hydrogens is 395 g/mol. The summed E-state index contributed by atoms with van der Waals surface area (Å²) in [5.41, 5.74) is 7.33. The van der Waals surface area contributed by atoms with Crippen LogP contribution in [-0.2, 0) is 4.79 Å². The van der Waals surface area contributed by atoms with Crippen molar-refractivity contribution in [3.63, 3.8) is 0 Å². The highest BCUT2D eigenvalue weighted by atomic mass is 35.5. The van der Waals surface area contributed by atoms with Gasteiger partial charge in [0.2, 0.25) is 5.91 Å². The Morgan fingerprint density at radius 2 is 1.90 bits per heavy atom. The molecule has 29 heavy (non-hydrogen) atoms. The number of nitrogens with two attached hydrogens (primary N) is 1. The van der Waals surface area contributed by atoms with Gasteiger partial charge in [-0.05, 0) is 49.2 Å². The first-order valence-electron chi connectivity index (χ1n) is 9.39. The Hall–Kier alpha value is -2.86. The monoisotopic (exact) mass is 416 g/mol. The van der Waals surface area contributed by atoms with Crippen molar-refractivity contribution in [1.29, 1.82) is 0 Å². The Balaban J connectivity index is 2.29. The van der Waals surface area contributed by atoms with E-state index in [4.69, 9.17) is 17.3 Å². The Kier molecular flexibility index (Phi) is 5.94. The second-order valence-corrected chi connectivity index (χ2v) is 7.50. The van der Waals surface area contributed by atoms with Crippen LogP contribution in [0.15, 0.2) is 36.4 Å². The number of unbranched alkanes of at least 4 members (excludes halogenated alkanes) is 1. The van der Waals surface area contributed by atoms with Gasteiger partial charge in [0.05, 0.1) is 11.4 Å². The third-order valence-corrected chi connectivity index (χ3v) is 5.41. The van der Waals surface area contributed by atoms with E-state index in [1.54, 1.807) is 31.2 Å². The number of amides is 1. The van der Waals surface area contributed by atoms with Gasteiger partial charge in [-0.25, -0.2) is 4.39 Å². The van der Waals surface area contributed by atoms with Crippen molar-refractivity contribution in [3.05, 3.63) is 64.1 Å². The van der Waals surface area contributed by atoms with Crippen LogP contribution in [0.4, 0.5) is 4.39 Å². The molecule has 2 aromatic carbocycles. The molecule has 3 N–H and O–H groups in total. The summed E-state index contributed by atoms with van der Waals surface area (Å²) in [5, 5.41) is 10.8.